The third kappa shape index (κ3) is 5.43. The van der Waals surface area contributed by atoms with E-state index in [0.717, 1.165) is 0 Å². The molecule has 26 heavy (non-hydrogen) atoms. The van der Waals surface area contributed by atoms with Crippen LogP contribution in [0.5, 0.6) is 0 Å². The van der Waals surface area contributed by atoms with Crippen molar-refractivity contribution < 1.29 is 13.2 Å². The van der Waals surface area contributed by atoms with E-state index in [2.05, 4.69) is 26.0 Å². The van der Waals surface area contributed by atoms with Gasteiger partial charge in [-0.1, -0.05) is 13.0 Å². The second-order valence-electron chi connectivity index (χ2n) is 5.76. The predicted octanol–water partition coefficient (Wildman–Crippen LogP) is 2.71. The van der Waals surface area contributed by atoms with Crippen molar-refractivity contribution in [2.45, 2.75) is 26.8 Å². The van der Waals surface area contributed by atoms with Gasteiger partial charge in [0.25, 0.3) is 5.56 Å². The summed E-state index contributed by atoms with van der Waals surface area (Å²) in [4.78, 5) is 24.1. The van der Waals surface area contributed by atoms with Gasteiger partial charge in [0.05, 0.1) is 11.4 Å². The lowest BCUT2D eigenvalue weighted by atomic mass is 10.1. The maximum atomic E-state index is 12.3. The third-order valence-corrected chi connectivity index (χ3v) is 5.55. The zero-order valence-electron chi connectivity index (χ0n) is 14.5. The lowest BCUT2D eigenvalue weighted by molar-refractivity contribution is -0.116. The number of sulfonamides is 1. The maximum Gasteiger partial charge on any atom is 0.251 e. The molecule has 1 aromatic heterocycles. The highest BCUT2D eigenvalue weighted by Crippen LogP contribution is 2.24. The number of carbonyl (C=O) groups excluding carboxylic acids is 1. The summed E-state index contributed by atoms with van der Waals surface area (Å²) >= 11 is 3.26. The van der Waals surface area contributed by atoms with E-state index in [9.17, 15) is 18.0 Å². The van der Waals surface area contributed by atoms with Crippen LogP contribution in [0, 0.1) is 6.92 Å². The highest BCUT2D eigenvalue weighted by molar-refractivity contribution is 9.10. The maximum absolute atomic E-state index is 12.3. The van der Waals surface area contributed by atoms with Gasteiger partial charge in [0, 0.05) is 22.4 Å². The van der Waals surface area contributed by atoms with Crippen molar-refractivity contribution in [3.8, 4) is 0 Å². The van der Waals surface area contributed by atoms with Gasteiger partial charge in [-0.25, -0.2) is 8.42 Å². The molecule has 9 heteroatoms. The fourth-order valence-electron chi connectivity index (χ4n) is 2.34. The summed E-state index contributed by atoms with van der Waals surface area (Å²) in [6, 6.07) is 7.93. The first kappa shape index (κ1) is 20.2. The van der Waals surface area contributed by atoms with Crippen molar-refractivity contribution in [3.63, 3.8) is 0 Å². The molecular weight excluding hydrogens is 422 g/mol. The Morgan fingerprint density at radius 2 is 1.88 bits per heavy atom. The molecule has 2 aromatic rings. The smallest absolute Gasteiger partial charge is 0.251 e. The zero-order chi connectivity index (χ0) is 19.3. The number of hydrogen-bond acceptors (Lipinski definition) is 4. The van der Waals surface area contributed by atoms with Crippen LogP contribution in [0.4, 0.5) is 11.4 Å². The van der Waals surface area contributed by atoms with E-state index in [4.69, 9.17) is 0 Å². The molecule has 0 atom stereocenters. The monoisotopic (exact) mass is 441 g/mol. The Bertz CT molecular complexity index is 970. The third-order valence-electron chi connectivity index (χ3n) is 3.61. The summed E-state index contributed by atoms with van der Waals surface area (Å²) in [6.45, 7) is 3.35. The number of amides is 1. The number of anilines is 2. The number of halogens is 1. The topological polar surface area (TPSA) is 97.3 Å². The minimum absolute atomic E-state index is 0.0226. The molecule has 0 aliphatic carbocycles. The molecule has 0 bridgehead atoms. The number of benzene rings is 1. The van der Waals surface area contributed by atoms with Crippen LogP contribution in [-0.4, -0.2) is 24.6 Å². The summed E-state index contributed by atoms with van der Waals surface area (Å²) in [6.07, 6.45) is 2.04. The SMILES string of the molecule is CCCS(=O)(=O)Nc1cccc(NC(=O)Cn2cc(Br)ccc2=O)c1C. The van der Waals surface area contributed by atoms with E-state index in [1.165, 1.54) is 16.8 Å². The van der Waals surface area contributed by atoms with Gasteiger partial charge >= 0.3 is 0 Å². The Balaban J connectivity index is 2.17. The molecule has 140 valence electrons. The van der Waals surface area contributed by atoms with E-state index in [1.54, 1.807) is 38.1 Å². The van der Waals surface area contributed by atoms with Crippen molar-refractivity contribution in [3.05, 3.63) is 56.9 Å². The zero-order valence-corrected chi connectivity index (χ0v) is 16.9. The summed E-state index contributed by atoms with van der Waals surface area (Å²) in [5.74, 6) is -0.365. The van der Waals surface area contributed by atoms with E-state index in [0.29, 0.717) is 27.8 Å². The van der Waals surface area contributed by atoms with Gasteiger partial charge in [0.2, 0.25) is 15.9 Å². The number of hydrogen-bond donors (Lipinski definition) is 2. The molecule has 0 fully saturated rings. The van der Waals surface area contributed by atoms with Gasteiger partial charge < -0.3 is 9.88 Å². The second-order valence-corrected chi connectivity index (χ2v) is 8.52. The molecule has 0 radical (unpaired) electrons. The molecule has 1 aromatic carbocycles. The van der Waals surface area contributed by atoms with E-state index in [-0.39, 0.29) is 23.8 Å². The Kier molecular flexibility index (Phi) is 6.60. The van der Waals surface area contributed by atoms with Crippen molar-refractivity contribution in [2.75, 3.05) is 15.8 Å². The first-order chi connectivity index (χ1) is 12.2. The molecule has 7 nitrogen and oxygen atoms in total. The summed E-state index contributed by atoms with van der Waals surface area (Å²) in [5.41, 5.74) is 1.20. The Morgan fingerprint density at radius 3 is 2.58 bits per heavy atom. The van der Waals surface area contributed by atoms with Crippen LogP contribution in [-0.2, 0) is 21.4 Å². The van der Waals surface area contributed by atoms with E-state index in [1.807, 2.05) is 0 Å². The van der Waals surface area contributed by atoms with Gasteiger partial charge in [-0.05, 0) is 53.0 Å². The quantitative estimate of drug-likeness (QED) is 0.689. The van der Waals surface area contributed by atoms with Crippen LogP contribution in [0.15, 0.2) is 45.8 Å². The van der Waals surface area contributed by atoms with Gasteiger partial charge in [-0.15, -0.1) is 0 Å². The molecule has 0 aliphatic heterocycles. The van der Waals surface area contributed by atoms with Crippen LogP contribution in [0.3, 0.4) is 0 Å². The average Bonchev–Trinajstić information content (AvgIpc) is 2.54. The summed E-state index contributed by atoms with van der Waals surface area (Å²) in [7, 11) is -3.42. The van der Waals surface area contributed by atoms with Gasteiger partial charge in [-0.3, -0.25) is 14.3 Å². The Hall–Kier alpha value is -2.13. The largest absolute Gasteiger partial charge is 0.324 e. The Morgan fingerprint density at radius 1 is 1.19 bits per heavy atom. The van der Waals surface area contributed by atoms with Crippen LogP contribution in [0.25, 0.3) is 0 Å². The first-order valence-corrected chi connectivity index (χ1v) is 10.4. The normalized spacial score (nSPS) is 11.2. The van der Waals surface area contributed by atoms with Crippen LogP contribution in [0.1, 0.15) is 18.9 Å². The molecule has 1 heterocycles. The highest BCUT2D eigenvalue weighted by atomic mass is 79.9. The minimum atomic E-state index is -3.42. The highest BCUT2D eigenvalue weighted by Gasteiger charge is 2.13. The van der Waals surface area contributed by atoms with Gasteiger partial charge in [0.15, 0.2) is 0 Å². The minimum Gasteiger partial charge on any atom is -0.324 e. The van der Waals surface area contributed by atoms with Gasteiger partial charge in [-0.2, -0.15) is 0 Å². The summed E-state index contributed by atoms with van der Waals surface area (Å²) in [5, 5.41) is 2.71. The van der Waals surface area contributed by atoms with Crippen molar-refractivity contribution in [1.82, 2.24) is 4.57 Å². The first-order valence-electron chi connectivity index (χ1n) is 7.98. The molecule has 0 unspecified atom stereocenters. The predicted molar refractivity (Wildman–Crippen MR) is 106 cm³/mol. The number of aromatic nitrogens is 1. The molecule has 0 saturated carbocycles. The lowest BCUT2D eigenvalue weighted by Crippen LogP contribution is -2.27. The van der Waals surface area contributed by atoms with Gasteiger partial charge in [0.1, 0.15) is 6.54 Å². The molecule has 2 rings (SSSR count). The fourth-order valence-corrected chi connectivity index (χ4v) is 3.91. The fraction of sp³-hybridized carbons (Fsp3) is 0.294. The van der Waals surface area contributed by atoms with Crippen molar-refractivity contribution in [2.24, 2.45) is 0 Å². The average molecular weight is 442 g/mol. The Labute approximate surface area is 160 Å². The molecule has 0 saturated heterocycles. The summed E-state index contributed by atoms with van der Waals surface area (Å²) < 4.78 is 28.4. The van der Waals surface area contributed by atoms with Crippen molar-refractivity contribution in [1.29, 1.82) is 0 Å². The molecule has 0 aliphatic rings. The number of rotatable bonds is 7. The molecule has 1 amide bonds. The molecule has 0 spiro atoms. The second kappa shape index (κ2) is 8.50. The standard InChI is InChI=1S/C17H20BrN3O4S/c1-3-9-26(24,25)20-15-6-4-5-14(12(15)2)19-16(22)11-21-10-13(18)7-8-17(21)23/h4-8,10,20H,3,9,11H2,1-2H3,(H,19,22). The van der Waals surface area contributed by atoms with Crippen LogP contribution >= 0.6 is 15.9 Å². The number of pyridine rings is 1. The van der Waals surface area contributed by atoms with Crippen LogP contribution in [0.2, 0.25) is 0 Å². The molecule has 2 N–H and O–H groups in total. The van der Waals surface area contributed by atoms with Crippen molar-refractivity contribution >= 4 is 43.2 Å². The number of nitrogens with zero attached hydrogens (tertiary/aromatic N) is 1. The molecular formula is C17H20BrN3O4S. The van der Waals surface area contributed by atoms with E-state index >= 15 is 0 Å². The number of carbonyl (C=O) groups is 1. The van der Waals surface area contributed by atoms with E-state index < -0.39 is 10.0 Å². The van der Waals surface area contributed by atoms with Crippen LogP contribution < -0.4 is 15.6 Å². The number of nitrogens with one attached hydrogen (secondary N) is 2. The lowest BCUT2D eigenvalue weighted by Gasteiger charge is -2.14.